The normalized spacial score (nSPS) is 15.8. The number of oxime groups is 1. The number of rotatable bonds is 3. The molecular weight excluding hydrogens is 508 g/mol. The molecule has 0 bridgehead atoms. The van der Waals surface area contributed by atoms with Gasteiger partial charge in [0, 0.05) is 31.8 Å². The van der Waals surface area contributed by atoms with E-state index in [9.17, 15) is 4.79 Å². The minimum absolute atomic E-state index is 0.166. The summed E-state index contributed by atoms with van der Waals surface area (Å²) in [5.41, 5.74) is 4.69. The molecule has 1 unspecified atom stereocenters. The van der Waals surface area contributed by atoms with E-state index in [1.54, 1.807) is 0 Å². The number of pyridine rings is 1. The average molecular weight is 524 g/mol. The fourth-order valence-electron chi connectivity index (χ4n) is 3.86. The van der Waals surface area contributed by atoms with Gasteiger partial charge in [0.1, 0.15) is 0 Å². The number of nitrogens with zero attached hydrogens (tertiary/aromatic N) is 1. The summed E-state index contributed by atoms with van der Waals surface area (Å²) in [7, 11) is 0. The second-order valence-electron chi connectivity index (χ2n) is 7.15. The van der Waals surface area contributed by atoms with Gasteiger partial charge in [-0.05, 0) is 41.5 Å². The van der Waals surface area contributed by atoms with Crippen LogP contribution in [-0.4, -0.2) is 10.7 Å². The van der Waals surface area contributed by atoms with E-state index in [4.69, 9.17) is 4.84 Å². The lowest BCUT2D eigenvalue weighted by molar-refractivity contribution is 0.0857. The maximum absolute atomic E-state index is 13.2. The van der Waals surface area contributed by atoms with Gasteiger partial charge in [-0.3, -0.25) is 4.79 Å². The van der Waals surface area contributed by atoms with Crippen LogP contribution in [0.15, 0.2) is 91.7 Å². The zero-order chi connectivity index (χ0) is 20.7. The van der Waals surface area contributed by atoms with Gasteiger partial charge in [0.05, 0.1) is 11.3 Å². The first kappa shape index (κ1) is 19.3. The van der Waals surface area contributed by atoms with Gasteiger partial charge in [0.2, 0.25) is 0 Å². The van der Waals surface area contributed by atoms with Crippen molar-refractivity contribution in [2.24, 2.45) is 5.16 Å². The summed E-state index contributed by atoms with van der Waals surface area (Å²) in [5, 5.41) is 5.30. The highest BCUT2D eigenvalue weighted by molar-refractivity contribution is 9.10. The number of aromatic amines is 1. The van der Waals surface area contributed by atoms with Crippen molar-refractivity contribution < 1.29 is 4.84 Å². The largest absolute Gasteiger partial charge is 0.387 e. The van der Waals surface area contributed by atoms with Gasteiger partial charge < -0.3 is 9.82 Å². The summed E-state index contributed by atoms with van der Waals surface area (Å²) < 4.78 is 1.93. The van der Waals surface area contributed by atoms with E-state index >= 15 is 0 Å². The number of nitrogens with one attached hydrogen (secondary N) is 1. The smallest absolute Gasteiger partial charge is 0.258 e. The second kappa shape index (κ2) is 7.85. The third-order valence-electron chi connectivity index (χ3n) is 5.22. The Balaban J connectivity index is 1.68. The topological polar surface area (TPSA) is 54.5 Å². The van der Waals surface area contributed by atoms with E-state index in [-0.39, 0.29) is 11.7 Å². The maximum Gasteiger partial charge on any atom is 0.258 e. The SMILES string of the molecule is O=c1[nH]c2ccc(Br)cc2c(-c2ccccc2)c1C1=NOC(c2cccc(Br)c2)C1. The molecule has 6 heteroatoms. The van der Waals surface area contributed by atoms with Crippen LogP contribution in [0.5, 0.6) is 0 Å². The molecule has 0 spiro atoms. The highest BCUT2D eigenvalue weighted by atomic mass is 79.9. The first-order valence-corrected chi connectivity index (χ1v) is 11.1. The molecule has 2 heterocycles. The lowest BCUT2D eigenvalue weighted by atomic mass is 9.91. The van der Waals surface area contributed by atoms with Crippen LogP contribution in [0, 0.1) is 0 Å². The zero-order valence-corrected chi connectivity index (χ0v) is 18.9. The van der Waals surface area contributed by atoms with E-state index in [0.717, 1.165) is 36.5 Å². The van der Waals surface area contributed by atoms with E-state index in [2.05, 4.69) is 42.0 Å². The van der Waals surface area contributed by atoms with E-state index in [1.165, 1.54) is 0 Å². The molecule has 0 radical (unpaired) electrons. The Labute approximate surface area is 189 Å². The molecule has 5 rings (SSSR count). The molecule has 30 heavy (non-hydrogen) atoms. The number of hydrogen-bond donors (Lipinski definition) is 1. The number of halogens is 2. The first-order chi connectivity index (χ1) is 14.6. The van der Waals surface area contributed by atoms with Crippen LogP contribution in [0.25, 0.3) is 22.0 Å². The molecule has 0 saturated carbocycles. The summed E-state index contributed by atoms with van der Waals surface area (Å²) >= 11 is 7.07. The molecule has 0 amide bonds. The Morgan fingerprint density at radius 2 is 1.70 bits per heavy atom. The fourth-order valence-corrected chi connectivity index (χ4v) is 4.63. The van der Waals surface area contributed by atoms with Gasteiger partial charge in [-0.2, -0.15) is 0 Å². The van der Waals surface area contributed by atoms with Crippen LogP contribution in [0.3, 0.4) is 0 Å². The highest BCUT2D eigenvalue weighted by Gasteiger charge is 2.28. The summed E-state index contributed by atoms with van der Waals surface area (Å²) in [4.78, 5) is 21.9. The van der Waals surface area contributed by atoms with Crippen molar-refractivity contribution in [1.82, 2.24) is 4.98 Å². The monoisotopic (exact) mass is 522 g/mol. The van der Waals surface area contributed by atoms with Gasteiger partial charge in [-0.15, -0.1) is 0 Å². The van der Waals surface area contributed by atoms with Crippen molar-refractivity contribution in [2.75, 3.05) is 0 Å². The molecular formula is C24H16Br2N2O2. The van der Waals surface area contributed by atoms with Crippen molar-refractivity contribution in [3.63, 3.8) is 0 Å². The number of fused-ring (bicyclic) bond motifs is 1. The van der Waals surface area contributed by atoms with Gasteiger partial charge in [0.15, 0.2) is 6.10 Å². The fraction of sp³-hybridized carbons (Fsp3) is 0.0833. The number of hydrogen-bond acceptors (Lipinski definition) is 3. The van der Waals surface area contributed by atoms with Crippen molar-refractivity contribution >= 4 is 48.5 Å². The van der Waals surface area contributed by atoms with Gasteiger partial charge in [-0.25, -0.2) is 0 Å². The summed E-state index contributed by atoms with van der Waals surface area (Å²) in [6.07, 6.45) is 0.303. The summed E-state index contributed by atoms with van der Waals surface area (Å²) in [6, 6.07) is 23.8. The molecule has 1 aliphatic rings. The third-order valence-corrected chi connectivity index (χ3v) is 6.20. The molecule has 148 valence electrons. The molecule has 1 aliphatic heterocycles. The molecule has 3 aromatic carbocycles. The van der Waals surface area contributed by atoms with Crippen LogP contribution < -0.4 is 5.56 Å². The van der Waals surface area contributed by atoms with Crippen molar-refractivity contribution in [3.8, 4) is 11.1 Å². The molecule has 1 aromatic heterocycles. The molecule has 0 fully saturated rings. The van der Waals surface area contributed by atoms with Crippen LogP contribution in [0.2, 0.25) is 0 Å². The Morgan fingerprint density at radius 1 is 0.900 bits per heavy atom. The average Bonchev–Trinajstić information content (AvgIpc) is 3.23. The third kappa shape index (κ3) is 3.50. The number of benzene rings is 3. The molecule has 1 N–H and O–H groups in total. The Bertz CT molecular complexity index is 1350. The van der Waals surface area contributed by atoms with Crippen molar-refractivity contribution in [3.05, 3.63) is 103 Å². The van der Waals surface area contributed by atoms with Gasteiger partial charge >= 0.3 is 0 Å². The first-order valence-electron chi connectivity index (χ1n) is 9.49. The zero-order valence-electron chi connectivity index (χ0n) is 15.7. The lowest BCUT2D eigenvalue weighted by Gasteiger charge is -2.13. The van der Waals surface area contributed by atoms with E-state index in [0.29, 0.717) is 17.7 Å². The molecule has 1 atom stereocenters. The Kier molecular flexibility index (Phi) is 5.05. The van der Waals surface area contributed by atoms with Gasteiger partial charge in [0.25, 0.3) is 5.56 Å². The van der Waals surface area contributed by atoms with Crippen molar-refractivity contribution in [2.45, 2.75) is 12.5 Å². The van der Waals surface area contributed by atoms with Crippen LogP contribution in [0.4, 0.5) is 0 Å². The Hall–Kier alpha value is -2.70. The number of aromatic nitrogens is 1. The van der Waals surface area contributed by atoms with Crippen LogP contribution in [-0.2, 0) is 4.84 Å². The van der Waals surface area contributed by atoms with E-state index < -0.39 is 0 Å². The predicted molar refractivity (Wildman–Crippen MR) is 127 cm³/mol. The summed E-state index contributed by atoms with van der Waals surface area (Å²) in [5.74, 6) is 0. The summed E-state index contributed by atoms with van der Waals surface area (Å²) in [6.45, 7) is 0. The number of H-pyrrole nitrogens is 1. The minimum Gasteiger partial charge on any atom is -0.387 e. The quantitative estimate of drug-likeness (QED) is 0.329. The molecule has 0 saturated heterocycles. The standard InChI is InChI=1S/C24H16Br2N2O2/c25-16-8-4-7-15(11-16)21-13-20(28-30-21)23-22(14-5-2-1-3-6-14)18-12-17(26)9-10-19(18)27-24(23)29/h1-12,21H,13H2,(H,27,29). The molecule has 4 nitrogen and oxygen atoms in total. The predicted octanol–water partition coefficient (Wildman–Crippen LogP) is 6.59. The van der Waals surface area contributed by atoms with E-state index in [1.807, 2.05) is 72.8 Å². The minimum atomic E-state index is -0.223. The van der Waals surface area contributed by atoms with Crippen LogP contribution >= 0.6 is 31.9 Å². The highest BCUT2D eigenvalue weighted by Crippen LogP contribution is 2.36. The van der Waals surface area contributed by atoms with Crippen LogP contribution in [0.1, 0.15) is 23.7 Å². The van der Waals surface area contributed by atoms with Crippen molar-refractivity contribution in [1.29, 1.82) is 0 Å². The molecule has 0 aliphatic carbocycles. The lowest BCUT2D eigenvalue weighted by Crippen LogP contribution is -2.20. The van der Waals surface area contributed by atoms with Gasteiger partial charge in [-0.1, -0.05) is 79.5 Å². The maximum atomic E-state index is 13.2. The second-order valence-corrected chi connectivity index (χ2v) is 8.98. The Morgan fingerprint density at radius 3 is 2.50 bits per heavy atom. The molecule has 4 aromatic rings.